The summed E-state index contributed by atoms with van der Waals surface area (Å²) in [5.41, 5.74) is 0.0729. The van der Waals surface area contributed by atoms with Crippen LogP contribution in [0.4, 0.5) is 4.39 Å². The molecule has 5 nitrogen and oxygen atoms in total. The number of benzene rings is 1. The Labute approximate surface area is 108 Å². The van der Waals surface area contributed by atoms with Gasteiger partial charge in [-0.2, -0.15) is 0 Å². The number of rotatable bonds is 5. The van der Waals surface area contributed by atoms with Gasteiger partial charge in [-0.1, -0.05) is 11.6 Å². The average Bonchev–Trinajstić information content (AvgIpc) is 2.31. The Balaban J connectivity index is 2.80. The first-order chi connectivity index (χ1) is 8.45. The maximum absolute atomic E-state index is 12.9. The van der Waals surface area contributed by atoms with Gasteiger partial charge in [-0.15, -0.1) is 0 Å². The molecule has 0 aliphatic heterocycles. The first kappa shape index (κ1) is 14.4. The minimum absolute atomic E-state index is 0.0729. The van der Waals surface area contributed by atoms with E-state index in [1.165, 1.54) is 13.2 Å². The Morgan fingerprint density at radius 1 is 1.56 bits per heavy atom. The van der Waals surface area contributed by atoms with Crippen LogP contribution in [0.25, 0.3) is 0 Å². The maximum Gasteiger partial charge on any atom is 0.328 e. The van der Waals surface area contributed by atoms with Crippen LogP contribution in [-0.4, -0.2) is 36.7 Å². The summed E-state index contributed by atoms with van der Waals surface area (Å²) in [6.07, 6.45) is 0. The third kappa shape index (κ3) is 3.68. The number of hydrogen-bond acceptors (Lipinski definition) is 3. The van der Waals surface area contributed by atoms with E-state index >= 15 is 0 Å². The molecule has 0 spiro atoms. The molecule has 1 aromatic rings. The number of methoxy groups -OCH3 is 1. The second-order valence-electron chi connectivity index (χ2n) is 3.45. The SMILES string of the molecule is COCC(NC(=O)c1ccc(F)c(Cl)c1)C(=O)O. The van der Waals surface area contributed by atoms with Crippen molar-refractivity contribution in [3.63, 3.8) is 0 Å². The molecule has 1 rings (SSSR count). The van der Waals surface area contributed by atoms with E-state index in [-0.39, 0.29) is 17.2 Å². The molecule has 0 aromatic heterocycles. The van der Waals surface area contributed by atoms with Gasteiger partial charge >= 0.3 is 5.97 Å². The molecule has 0 aliphatic rings. The van der Waals surface area contributed by atoms with Crippen LogP contribution in [0.5, 0.6) is 0 Å². The number of ether oxygens (including phenoxy) is 1. The van der Waals surface area contributed by atoms with Crippen LogP contribution in [0.1, 0.15) is 10.4 Å². The topological polar surface area (TPSA) is 75.6 Å². The van der Waals surface area contributed by atoms with E-state index in [1.54, 1.807) is 0 Å². The monoisotopic (exact) mass is 275 g/mol. The van der Waals surface area contributed by atoms with Gasteiger partial charge in [0.25, 0.3) is 5.91 Å². The van der Waals surface area contributed by atoms with Crippen molar-refractivity contribution in [3.8, 4) is 0 Å². The summed E-state index contributed by atoms with van der Waals surface area (Å²) in [4.78, 5) is 22.5. The molecule has 1 aromatic carbocycles. The number of carbonyl (C=O) groups is 2. The second kappa shape index (κ2) is 6.32. The zero-order valence-electron chi connectivity index (χ0n) is 9.44. The fraction of sp³-hybridized carbons (Fsp3) is 0.273. The predicted octanol–water partition coefficient (Wildman–Crippen LogP) is 1.31. The van der Waals surface area contributed by atoms with Gasteiger partial charge in [0, 0.05) is 12.7 Å². The minimum Gasteiger partial charge on any atom is -0.480 e. The number of carboxylic acids is 1. The number of amides is 1. The number of carbonyl (C=O) groups excluding carboxylic acids is 1. The van der Waals surface area contributed by atoms with E-state index < -0.39 is 23.7 Å². The van der Waals surface area contributed by atoms with Crippen molar-refractivity contribution >= 4 is 23.5 Å². The quantitative estimate of drug-likeness (QED) is 0.849. The molecule has 0 saturated carbocycles. The lowest BCUT2D eigenvalue weighted by atomic mass is 10.2. The lowest BCUT2D eigenvalue weighted by Gasteiger charge is -2.13. The van der Waals surface area contributed by atoms with Crippen LogP contribution < -0.4 is 5.32 Å². The first-order valence-electron chi connectivity index (χ1n) is 4.93. The summed E-state index contributed by atoms with van der Waals surface area (Å²) in [7, 11) is 1.32. The number of nitrogens with one attached hydrogen (secondary N) is 1. The smallest absolute Gasteiger partial charge is 0.328 e. The van der Waals surface area contributed by atoms with Crippen molar-refractivity contribution in [2.24, 2.45) is 0 Å². The zero-order chi connectivity index (χ0) is 13.7. The third-order valence-electron chi connectivity index (χ3n) is 2.12. The van der Waals surface area contributed by atoms with Crippen molar-refractivity contribution < 1.29 is 23.8 Å². The molecule has 0 heterocycles. The van der Waals surface area contributed by atoms with Gasteiger partial charge in [-0.3, -0.25) is 4.79 Å². The Bertz CT molecular complexity index is 466. The number of halogens is 2. The lowest BCUT2D eigenvalue weighted by Crippen LogP contribution is -2.43. The van der Waals surface area contributed by atoms with E-state index in [1.807, 2.05) is 0 Å². The average molecular weight is 276 g/mol. The van der Waals surface area contributed by atoms with Crippen LogP contribution in [0.3, 0.4) is 0 Å². The molecule has 0 fully saturated rings. The van der Waals surface area contributed by atoms with Crippen molar-refractivity contribution in [3.05, 3.63) is 34.6 Å². The molecule has 1 amide bonds. The highest BCUT2D eigenvalue weighted by molar-refractivity contribution is 6.31. The van der Waals surface area contributed by atoms with Crippen LogP contribution in [-0.2, 0) is 9.53 Å². The molecular formula is C11H11ClFNO4. The summed E-state index contributed by atoms with van der Waals surface area (Å²) < 4.78 is 17.6. The summed E-state index contributed by atoms with van der Waals surface area (Å²) in [5.74, 6) is -2.54. The Kier molecular flexibility index (Phi) is 5.06. The molecule has 18 heavy (non-hydrogen) atoms. The highest BCUT2D eigenvalue weighted by Crippen LogP contribution is 2.15. The summed E-state index contributed by atoms with van der Waals surface area (Å²) >= 11 is 5.52. The van der Waals surface area contributed by atoms with Crippen molar-refractivity contribution in [1.82, 2.24) is 5.32 Å². The molecular weight excluding hydrogens is 265 g/mol. The van der Waals surface area contributed by atoms with Gasteiger partial charge in [-0.25, -0.2) is 9.18 Å². The van der Waals surface area contributed by atoms with Gasteiger partial charge in [0.1, 0.15) is 5.82 Å². The van der Waals surface area contributed by atoms with Gasteiger partial charge in [0.15, 0.2) is 6.04 Å². The van der Waals surface area contributed by atoms with Crippen molar-refractivity contribution in [2.45, 2.75) is 6.04 Å². The molecule has 0 bridgehead atoms. The van der Waals surface area contributed by atoms with Gasteiger partial charge < -0.3 is 15.2 Å². The van der Waals surface area contributed by atoms with E-state index in [0.29, 0.717) is 0 Å². The minimum atomic E-state index is -1.22. The van der Waals surface area contributed by atoms with Crippen LogP contribution in [0.2, 0.25) is 5.02 Å². The third-order valence-corrected chi connectivity index (χ3v) is 2.41. The largest absolute Gasteiger partial charge is 0.480 e. The van der Waals surface area contributed by atoms with Crippen LogP contribution >= 0.6 is 11.6 Å². The second-order valence-corrected chi connectivity index (χ2v) is 3.86. The van der Waals surface area contributed by atoms with E-state index in [0.717, 1.165) is 12.1 Å². The predicted molar refractivity (Wildman–Crippen MR) is 62.2 cm³/mol. The Hall–Kier alpha value is -1.66. The molecule has 0 radical (unpaired) electrons. The van der Waals surface area contributed by atoms with E-state index in [9.17, 15) is 14.0 Å². The number of aliphatic carboxylic acids is 1. The van der Waals surface area contributed by atoms with Gasteiger partial charge in [0.05, 0.1) is 11.6 Å². The molecule has 0 aliphatic carbocycles. The maximum atomic E-state index is 12.9. The molecule has 1 unspecified atom stereocenters. The van der Waals surface area contributed by atoms with E-state index in [2.05, 4.69) is 10.1 Å². The highest BCUT2D eigenvalue weighted by Gasteiger charge is 2.20. The molecule has 7 heteroatoms. The molecule has 1 atom stereocenters. The Morgan fingerprint density at radius 3 is 2.72 bits per heavy atom. The Morgan fingerprint density at radius 2 is 2.22 bits per heavy atom. The van der Waals surface area contributed by atoms with Gasteiger partial charge in [0.2, 0.25) is 0 Å². The van der Waals surface area contributed by atoms with Crippen LogP contribution in [0, 0.1) is 5.82 Å². The fourth-order valence-corrected chi connectivity index (χ4v) is 1.40. The molecule has 2 N–H and O–H groups in total. The normalized spacial score (nSPS) is 11.9. The number of hydrogen-bond donors (Lipinski definition) is 2. The summed E-state index contributed by atoms with van der Waals surface area (Å²) in [6, 6.07) is 2.19. The highest BCUT2D eigenvalue weighted by atomic mass is 35.5. The zero-order valence-corrected chi connectivity index (χ0v) is 10.2. The lowest BCUT2D eigenvalue weighted by molar-refractivity contribution is -0.140. The molecule has 98 valence electrons. The van der Waals surface area contributed by atoms with E-state index in [4.69, 9.17) is 16.7 Å². The summed E-state index contributed by atoms with van der Waals surface area (Å²) in [5, 5.41) is 10.8. The number of carboxylic acid groups (broad SMARTS) is 1. The standard InChI is InChI=1S/C11H11ClFNO4/c1-18-5-9(11(16)17)14-10(15)6-2-3-8(13)7(12)4-6/h2-4,9H,5H2,1H3,(H,14,15)(H,16,17). The van der Waals surface area contributed by atoms with Crippen molar-refractivity contribution in [2.75, 3.05) is 13.7 Å². The fourth-order valence-electron chi connectivity index (χ4n) is 1.22. The summed E-state index contributed by atoms with van der Waals surface area (Å²) in [6.45, 7) is -0.171. The molecule has 0 saturated heterocycles. The first-order valence-corrected chi connectivity index (χ1v) is 5.31. The van der Waals surface area contributed by atoms with Crippen LogP contribution in [0.15, 0.2) is 18.2 Å². The van der Waals surface area contributed by atoms with Gasteiger partial charge in [-0.05, 0) is 18.2 Å². The van der Waals surface area contributed by atoms with Crippen molar-refractivity contribution in [1.29, 1.82) is 0 Å².